The molecule has 1 fully saturated rings. The van der Waals surface area contributed by atoms with Crippen molar-refractivity contribution in [2.24, 2.45) is 11.3 Å². The van der Waals surface area contributed by atoms with Gasteiger partial charge in [0.15, 0.2) is 10.7 Å². The van der Waals surface area contributed by atoms with Crippen molar-refractivity contribution in [2.45, 2.75) is 18.2 Å². The number of hydrogen-bond donors (Lipinski definition) is 2. The second-order valence-electron chi connectivity index (χ2n) is 5.28. The molecule has 2 atom stereocenters. The van der Waals surface area contributed by atoms with Crippen molar-refractivity contribution in [2.75, 3.05) is 13.7 Å². The van der Waals surface area contributed by atoms with Crippen LogP contribution in [0.5, 0.6) is 5.75 Å². The molecule has 0 unspecified atom stereocenters. The topological polar surface area (TPSA) is 92.7 Å². The number of halogens is 2. The molecule has 22 heavy (non-hydrogen) atoms. The van der Waals surface area contributed by atoms with Gasteiger partial charge in [0.25, 0.3) is 0 Å². The van der Waals surface area contributed by atoms with Crippen LogP contribution >= 0.6 is 15.9 Å². The van der Waals surface area contributed by atoms with Gasteiger partial charge in [-0.1, -0.05) is 6.92 Å². The summed E-state index contributed by atoms with van der Waals surface area (Å²) in [4.78, 5) is 10.6. The summed E-state index contributed by atoms with van der Waals surface area (Å²) < 4.78 is 45.9. The van der Waals surface area contributed by atoms with Crippen LogP contribution in [0.3, 0.4) is 0 Å². The van der Waals surface area contributed by atoms with Crippen LogP contribution in [0.25, 0.3) is 0 Å². The minimum absolute atomic E-state index is 0.0265. The third-order valence-electron chi connectivity index (χ3n) is 3.96. The van der Waals surface area contributed by atoms with Crippen molar-refractivity contribution in [3.8, 4) is 5.75 Å². The molecule has 1 aliphatic rings. The van der Waals surface area contributed by atoms with E-state index in [1.165, 1.54) is 19.2 Å². The van der Waals surface area contributed by atoms with Gasteiger partial charge in [-0.25, -0.2) is 17.5 Å². The molecule has 0 heterocycles. The zero-order valence-corrected chi connectivity index (χ0v) is 14.3. The molecule has 1 saturated carbocycles. The van der Waals surface area contributed by atoms with Gasteiger partial charge in [0.2, 0.25) is 10.0 Å². The van der Waals surface area contributed by atoms with Gasteiger partial charge in [-0.3, -0.25) is 4.79 Å². The average molecular weight is 396 g/mol. The quantitative estimate of drug-likeness (QED) is 0.767. The highest BCUT2D eigenvalue weighted by Crippen LogP contribution is 2.52. The number of ether oxygens (including phenoxy) is 1. The van der Waals surface area contributed by atoms with Crippen LogP contribution in [-0.4, -0.2) is 33.1 Å². The molecule has 0 bridgehead atoms. The Balaban J connectivity index is 2.33. The van der Waals surface area contributed by atoms with Crippen molar-refractivity contribution in [3.05, 3.63) is 22.4 Å². The number of benzene rings is 1. The Morgan fingerprint density at radius 1 is 1.59 bits per heavy atom. The van der Waals surface area contributed by atoms with Crippen LogP contribution in [0.4, 0.5) is 4.39 Å². The molecule has 2 N–H and O–H groups in total. The van der Waals surface area contributed by atoms with E-state index in [9.17, 15) is 22.7 Å². The van der Waals surface area contributed by atoms with Gasteiger partial charge in [0.1, 0.15) is 5.75 Å². The smallest absolute Gasteiger partial charge is 0.311 e. The third-order valence-corrected chi connectivity index (χ3v) is 6.01. The first-order chi connectivity index (χ1) is 10.2. The Hall–Kier alpha value is -1.19. The van der Waals surface area contributed by atoms with E-state index in [4.69, 9.17) is 4.74 Å². The molecule has 0 saturated heterocycles. The molecule has 0 aromatic heterocycles. The summed E-state index contributed by atoms with van der Waals surface area (Å²) in [5.74, 6) is -2.34. The van der Waals surface area contributed by atoms with E-state index < -0.39 is 32.1 Å². The Kier molecular flexibility index (Phi) is 4.51. The highest BCUT2D eigenvalue weighted by molar-refractivity contribution is 9.10. The maximum atomic E-state index is 14.2. The summed E-state index contributed by atoms with van der Waals surface area (Å²) in [7, 11) is -3.02. The predicted molar refractivity (Wildman–Crippen MR) is 79.7 cm³/mol. The summed E-state index contributed by atoms with van der Waals surface area (Å²) in [6.45, 7) is 1.43. The number of aliphatic carboxylic acids is 1. The van der Waals surface area contributed by atoms with Gasteiger partial charge in [-0.05, 0) is 40.4 Å². The lowest BCUT2D eigenvalue weighted by Crippen LogP contribution is -2.35. The number of carbonyl (C=O) groups is 1. The minimum atomic E-state index is -4.25. The Labute approximate surface area is 135 Å². The molecule has 6 nitrogen and oxygen atoms in total. The predicted octanol–water partition coefficient (Wildman–Crippen LogP) is 1.99. The fourth-order valence-electron chi connectivity index (χ4n) is 2.33. The van der Waals surface area contributed by atoms with Crippen LogP contribution in [-0.2, 0) is 14.8 Å². The molecule has 9 heteroatoms. The zero-order chi connectivity index (χ0) is 16.7. The lowest BCUT2D eigenvalue weighted by atomic mass is 10.1. The Morgan fingerprint density at radius 2 is 2.18 bits per heavy atom. The van der Waals surface area contributed by atoms with Crippen LogP contribution < -0.4 is 9.46 Å². The maximum Gasteiger partial charge on any atom is 0.311 e. The second-order valence-corrected chi connectivity index (χ2v) is 7.84. The molecule has 1 aromatic carbocycles. The van der Waals surface area contributed by atoms with Gasteiger partial charge < -0.3 is 9.84 Å². The van der Waals surface area contributed by atoms with Gasteiger partial charge in [-0.15, -0.1) is 0 Å². The van der Waals surface area contributed by atoms with Crippen LogP contribution in [0, 0.1) is 17.2 Å². The summed E-state index contributed by atoms with van der Waals surface area (Å²) in [6.07, 6.45) is 0.378. The Bertz CT molecular complexity index is 723. The molecule has 1 aliphatic carbocycles. The van der Waals surface area contributed by atoms with E-state index in [1.807, 2.05) is 0 Å². The molecule has 2 rings (SSSR count). The minimum Gasteiger partial charge on any atom is -0.495 e. The molecule has 0 spiro atoms. The first kappa shape index (κ1) is 17.2. The maximum absolute atomic E-state index is 14.2. The van der Waals surface area contributed by atoms with Crippen molar-refractivity contribution in [1.82, 2.24) is 4.72 Å². The van der Waals surface area contributed by atoms with Gasteiger partial charge in [0, 0.05) is 6.54 Å². The molecule has 122 valence electrons. The highest BCUT2D eigenvalue weighted by Gasteiger charge is 2.58. The van der Waals surface area contributed by atoms with Crippen LogP contribution in [0.2, 0.25) is 0 Å². The first-order valence-electron chi connectivity index (χ1n) is 6.41. The first-order valence-corrected chi connectivity index (χ1v) is 8.68. The fraction of sp³-hybridized carbons (Fsp3) is 0.462. The lowest BCUT2D eigenvalue weighted by molar-refractivity contribution is -0.143. The summed E-state index contributed by atoms with van der Waals surface area (Å²) in [5.41, 5.74) is -1.12. The number of methoxy groups -OCH3 is 1. The number of sulfonamides is 1. The summed E-state index contributed by atoms with van der Waals surface area (Å²) >= 11 is 2.92. The van der Waals surface area contributed by atoms with Crippen LogP contribution in [0.15, 0.2) is 21.5 Å². The van der Waals surface area contributed by atoms with Crippen LogP contribution in [0.1, 0.15) is 13.3 Å². The van der Waals surface area contributed by atoms with Crippen molar-refractivity contribution >= 4 is 31.9 Å². The SMILES string of the molecule is COc1ccc(Br)c(F)c1S(=O)(=O)NC[C@]1(C(=O)O)C[C@@H]1C. The largest absolute Gasteiger partial charge is 0.495 e. The average Bonchev–Trinajstić information content (AvgIpc) is 3.11. The summed E-state index contributed by atoms with van der Waals surface area (Å²) in [5, 5.41) is 9.20. The standard InChI is InChI=1S/C13H15BrFNO5S/c1-7-5-13(7,12(17)18)6-16-22(19,20)11-9(21-2)4-3-8(14)10(11)15/h3-4,7,16H,5-6H2,1-2H3,(H,17,18)/t7-,13+/m0/s1. The number of carboxylic acid groups (broad SMARTS) is 1. The van der Waals surface area contributed by atoms with E-state index in [1.54, 1.807) is 6.92 Å². The third kappa shape index (κ3) is 2.84. The zero-order valence-electron chi connectivity index (χ0n) is 11.9. The monoisotopic (exact) mass is 395 g/mol. The van der Waals surface area contributed by atoms with Crippen molar-refractivity contribution < 1.29 is 27.4 Å². The summed E-state index contributed by atoms with van der Waals surface area (Å²) in [6, 6.07) is 2.64. The number of nitrogens with one attached hydrogen (secondary N) is 1. The van der Waals surface area contributed by atoms with E-state index in [2.05, 4.69) is 20.7 Å². The Morgan fingerprint density at radius 3 is 2.64 bits per heavy atom. The number of rotatable bonds is 6. The number of hydrogen-bond acceptors (Lipinski definition) is 4. The van der Waals surface area contributed by atoms with Gasteiger partial charge in [-0.2, -0.15) is 0 Å². The van der Waals surface area contributed by atoms with Gasteiger partial charge >= 0.3 is 5.97 Å². The van der Waals surface area contributed by atoms with E-state index in [-0.39, 0.29) is 22.7 Å². The molecule has 0 amide bonds. The normalized spacial score (nSPS) is 24.1. The molecular formula is C13H15BrFNO5S. The van der Waals surface area contributed by atoms with E-state index >= 15 is 0 Å². The van der Waals surface area contributed by atoms with Gasteiger partial charge in [0.05, 0.1) is 17.0 Å². The molecule has 0 radical (unpaired) electrons. The van der Waals surface area contributed by atoms with E-state index in [0.717, 1.165) is 0 Å². The van der Waals surface area contributed by atoms with Crippen molar-refractivity contribution in [3.63, 3.8) is 0 Å². The highest BCUT2D eigenvalue weighted by atomic mass is 79.9. The molecule has 0 aliphatic heterocycles. The molecular weight excluding hydrogens is 381 g/mol. The van der Waals surface area contributed by atoms with Crippen molar-refractivity contribution in [1.29, 1.82) is 0 Å². The lowest BCUT2D eigenvalue weighted by Gasteiger charge is -2.15. The fourth-order valence-corrected chi connectivity index (χ4v) is 4.14. The molecule has 1 aromatic rings. The second kappa shape index (κ2) is 5.78. The number of carboxylic acids is 1. The van der Waals surface area contributed by atoms with E-state index in [0.29, 0.717) is 6.42 Å².